The van der Waals surface area contributed by atoms with Gasteiger partial charge in [-0.1, -0.05) is 0 Å². The number of H-pyrrole nitrogens is 1. The molecule has 0 radical (unpaired) electrons. The molecular formula is C36H48N20O5. The van der Waals surface area contributed by atoms with Gasteiger partial charge in [0.1, 0.15) is 30.0 Å². The van der Waals surface area contributed by atoms with Crippen LogP contribution < -0.4 is 21.3 Å². The number of carbonyl (C=O) groups is 1. The van der Waals surface area contributed by atoms with E-state index >= 15 is 0 Å². The lowest BCUT2D eigenvalue weighted by Gasteiger charge is -2.31. The predicted molar refractivity (Wildman–Crippen MR) is 217 cm³/mol. The molecule has 3 aliphatic heterocycles. The van der Waals surface area contributed by atoms with Gasteiger partial charge in [-0.2, -0.15) is 19.7 Å². The number of anilines is 4. The Morgan fingerprint density at radius 2 is 1.56 bits per heavy atom. The molecule has 0 amide bonds. The van der Waals surface area contributed by atoms with Crippen LogP contribution in [0.5, 0.6) is 0 Å². The number of carboxylic acid groups (broad SMARTS) is 1. The van der Waals surface area contributed by atoms with Crippen LogP contribution in [0.4, 0.5) is 23.5 Å². The van der Waals surface area contributed by atoms with Crippen LogP contribution in [0.3, 0.4) is 0 Å². The zero-order chi connectivity index (χ0) is 42.5. The topological polar surface area (TPSA) is 312 Å². The van der Waals surface area contributed by atoms with Gasteiger partial charge in [0.25, 0.3) is 6.47 Å². The number of aryl methyl sites for hydroxylation is 3. The fourth-order valence-electron chi connectivity index (χ4n) is 7.49. The van der Waals surface area contributed by atoms with E-state index in [4.69, 9.17) is 24.6 Å². The Morgan fingerprint density at radius 3 is 2.21 bits per heavy atom. The van der Waals surface area contributed by atoms with Gasteiger partial charge in [0.15, 0.2) is 35.1 Å². The number of hydrogen-bond donors (Lipinski definition) is 8. The van der Waals surface area contributed by atoms with Crippen LogP contribution in [0.2, 0.25) is 0 Å². The summed E-state index contributed by atoms with van der Waals surface area (Å²) in [6.07, 6.45) is 10.8. The van der Waals surface area contributed by atoms with Gasteiger partial charge in [0.05, 0.1) is 36.9 Å². The summed E-state index contributed by atoms with van der Waals surface area (Å²) in [5.41, 5.74) is 3.55. The number of hydrogen-bond acceptors (Lipinski definition) is 19. The summed E-state index contributed by atoms with van der Waals surface area (Å²) in [5, 5.41) is 55.5. The standard InChI is InChI=1S/C35H46N20O3.CH2O2/c1-4-55-50-31(49-51-55)27-25(56)26(57)33(58-27)54-18-42-24-30(47-35(48-32(24)54)37-12-10-22-14-53(3)17-41-22)44-20-7-5-19(6-8-20)43-29-23-28(39-15-38-23)45-34(46-29)36-11-9-21-13-52(2)16-40-21;2-1-3/h13-20,25-27,33,56-57H,4-12H2,1-3H3,(H2,37,44,47,48)(H3,36,38,39,43,45,46);1H,(H,2,3)/t19-,20-,25-,26+,27-,33+;/m0./s1. The molecule has 0 bridgehead atoms. The summed E-state index contributed by atoms with van der Waals surface area (Å²) >= 11 is 0. The van der Waals surface area contributed by atoms with Crippen molar-refractivity contribution in [1.29, 1.82) is 0 Å². The van der Waals surface area contributed by atoms with Crippen molar-refractivity contribution in [3.8, 4) is 11.5 Å². The second-order valence-electron chi connectivity index (χ2n) is 14.8. The van der Waals surface area contributed by atoms with Crippen molar-refractivity contribution >= 4 is 41.2 Å². The van der Waals surface area contributed by atoms with Crippen molar-refractivity contribution in [2.45, 2.75) is 88.6 Å². The van der Waals surface area contributed by atoms with E-state index in [0.29, 0.717) is 66.5 Å². The fourth-order valence-corrected chi connectivity index (χ4v) is 7.49. The summed E-state index contributed by atoms with van der Waals surface area (Å²) in [6, 6.07) is 0.277. The Kier molecular flexibility index (Phi) is 12.2. The third-order valence-corrected chi connectivity index (χ3v) is 10.5. The van der Waals surface area contributed by atoms with Crippen LogP contribution in [-0.4, -0.2) is 138 Å². The molecule has 0 unspecified atom stereocenters. The lowest BCUT2D eigenvalue weighted by molar-refractivity contribution is -0.122. The van der Waals surface area contributed by atoms with Crippen molar-refractivity contribution in [3.05, 3.63) is 54.9 Å². The number of nitrogens with one attached hydrogen (secondary N) is 5. The third kappa shape index (κ3) is 9.17. The average molecular weight is 841 g/mol. The quantitative estimate of drug-likeness (QED) is 0.0661. The van der Waals surface area contributed by atoms with E-state index in [1.807, 2.05) is 42.5 Å². The van der Waals surface area contributed by atoms with Gasteiger partial charge in [-0.3, -0.25) is 9.36 Å². The molecule has 322 valence electrons. The molecule has 5 aromatic rings. The molecule has 1 saturated heterocycles. The third-order valence-electron chi connectivity index (χ3n) is 10.5. The number of tetrazole rings is 1. The van der Waals surface area contributed by atoms with E-state index in [2.05, 4.69) is 71.6 Å². The molecule has 8 N–H and O–H groups in total. The van der Waals surface area contributed by atoms with Crippen molar-refractivity contribution in [2.24, 2.45) is 14.1 Å². The first-order valence-corrected chi connectivity index (χ1v) is 20.0. The summed E-state index contributed by atoms with van der Waals surface area (Å²) in [4.78, 5) is 49.8. The van der Waals surface area contributed by atoms with Crippen LogP contribution in [0, 0.1) is 0 Å². The molecule has 4 aliphatic rings. The number of nitrogens with zero attached hydrogens (tertiary/aromatic N) is 15. The Morgan fingerprint density at radius 1 is 0.869 bits per heavy atom. The van der Waals surface area contributed by atoms with Crippen LogP contribution >= 0.6 is 0 Å². The summed E-state index contributed by atoms with van der Waals surface area (Å²) in [7, 11) is 3.89. The van der Waals surface area contributed by atoms with Gasteiger partial charge in [0, 0.05) is 64.5 Å². The molecule has 0 spiro atoms. The number of aliphatic hydroxyl groups is 2. The molecule has 4 atom stereocenters. The molecule has 8 heterocycles. The maximum atomic E-state index is 11.2. The Balaban J connectivity index is 0.00000166. The normalized spacial score (nSPS) is 21.3. The SMILES string of the molecule is CCn1nnc([C@H]2O[C@@H](n3cnc4c(N[C@H]5CC[C@H](Nc6[nH]c(NCCc7cn(C)cn7)nc7ncnc6-7)CC5)nc(NCCc5cn(C)cn5)nc43)[C@H](O)[C@@H]2O)n1.O=CO. The number of rotatable bonds is 15. The van der Waals surface area contributed by atoms with E-state index in [9.17, 15) is 10.2 Å². The van der Waals surface area contributed by atoms with E-state index in [1.165, 1.54) is 11.1 Å². The number of aliphatic hydroxyl groups excluding tert-OH is 2. The Bertz CT molecular complexity index is 2480. The highest BCUT2D eigenvalue weighted by Gasteiger charge is 2.47. The van der Waals surface area contributed by atoms with Gasteiger partial charge in [-0.25, -0.2) is 24.9 Å². The predicted octanol–water partition coefficient (Wildman–Crippen LogP) is 0.755. The van der Waals surface area contributed by atoms with Crippen molar-refractivity contribution in [3.63, 3.8) is 0 Å². The van der Waals surface area contributed by atoms with Gasteiger partial charge in [-0.05, 0) is 37.8 Å². The van der Waals surface area contributed by atoms with Crippen molar-refractivity contribution in [2.75, 3.05) is 34.4 Å². The largest absolute Gasteiger partial charge is 0.483 e. The minimum absolute atomic E-state index is 0.0958. The summed E-state index contributed by atoms with van der Waals surface area (Å²) < 4.78 is 11.6. The molecule has 1 saturated carbocycles. The fraction of sp³-hybridized carbons (Fsp3) is 0.500. The first kappa shape index (κ1) is 40.9. The number of fused-ring (bicyclic) bond motifs is 2. The van der Waals surface area contributed by atoms with Gasteiger partial charge in [-0.15, -0.1) is 10.2 Å². The maximum Gasteiger partial charge on any atom is 0.290 e. The van der Waals surface area contributed by atoms with E-state index in [0.717, 1.165) is 49.3 Å². The van der Waals surface area contributed by atoms with Crippen LogP contribution in [0.25, 0.3) is 22.7 Å². The van der Waals surface area contributed by atoms with Crippen molar-refractivity contribution in [1.82, 2.24) is 78.8 Å². The molecular weight excluding hydrogens is 793 g/mol. The Hall–Kier alpha value is -6.86. The second kappa shape index (κ2) is 18.2. The molecule has 25 heteroatoms. The van der Waals surface area contributed by atoms with Crippen molar-refractivity contribution < 1.29 is 24.9 Å². The molecule has 5 aromatic heterocycles. The monoisotopic (exact) mass is 840 g/mol. The first-order valence-electron chi connectivity index (χ1n) is 20.0. The minimum Gasteiger partial charge on any atom is -0.483 e. The number of aromatic nitrogens is 16. The van der Waals surface area contributed by atoms with Gasteiger partial charge in [0.2, 0.25) is 17.7 Å². The summed E-state index contributed by atoms with van der Waals surface area (Å²) in [5.74, 6) is 3.06. The highest BCUT2D eigenvalue weighted by atomic mass is 16.6. The highest BCUT2D eigenvalue weighted by molar-refractivity contribution is 5.84. The molecule has 25 nitrogen and oxygen atoms in total. The number of aromatic amines is 1. The van der Waals surface area contributed by atoms with E-state index in [-0.39, 0.29) is 24.4 Å². The van der Waals surface area contributed by atoms with E-state index in [1.54, 1.807) is 23.5 Å². The molecule has 61 heavy (non-hydrogen) atoms. The zero-order valence-corrected chi connectivity index (χ0v) is 33.7. The highest BCUT2D eigenvalue weighted by Crippen LogP contribution is 2.39. The second-order valence-corrected chi connectivity index (χ2v) is 14.8. The molecule has 0 aromatic carbocycles. The zero-order valence-electron chi connectivity index (χ0n) is 33.7. The number of imidazole rings is 4. The number of ether oxygens (including phenoxy) is 1. The van der Waals surface area contributed by atoms with Gasteiger partial charge >= 0.3 is 0 Å². The molecule has 2 fully saturated rings. The van der Waals surface area contributed by atoms with Gasteiger partial charge < -0.3 is 55.4 Å². The Labute approximate surface area is 347 Å². The maximum absolute atomic E-state index is 11.2. The first-order chi connectivity index (χ1) is 29.7. The smallest absolute Gasteiger partial charge is 0.290 e. The lowest BCUT2D eigenvalue weighted by Crippen LogP contribution is -2.33. The minimum atomic E-state index is -1.32. The van der Waals surface area contributed by atoms with Crippen LogP contribution in [0.15, 0.2) is 37.7 Å². The molecule has 1 aliphatic carbocycles. The summed E-state index contributed by atoms with van der Waals surface area (Å²) in [6.45, 7) is 3.31. The van der Waals surface area contributed by atoms with Crippen LogP contribution in [-0.2, 0) is 43.0 Å². The average Bonchev–Trinajstić information content (AvgIpc) is 4.12. The van der Waals surface area contributed by atoms with Crippen LogP contribution in [0.1, 0.15) is 62.2 Å². The molecule has 9 rings (SSSR count). The lowest BCUT2D eigenvalue weighted by atomic mass is 9.91. The van der Waals surface area contributed by atoms with E-state index < -0.39 is 24.5 Å².